The topological polar surface area (TPSA) is 62.7 Å². The van der Waals surface area contributed by atoms with Gasteiger partial charge in [0.05, 0.1) is 6.10 Å². The molecule has 0 radical (unpaired) electrons. The highest BCUT2D eigenvalue weighted by Crippen LogP contribution is 2.18. The van der Waals surface area contributed by atoms with Crippen molar-refractivity contribution >= 4 is 17.2 Å². The zero-order chi connectivity index (χ0) is 16.2. The third-order valence-electron chi connectivity index (χ3n) is 3.84. The molecule has 0 aliphatic carbocycles. The van der Waals surface area contributed by atoms with E-state index in [9.17, 15) is 9.90 Å². The molecule has 1 aromatic carbocycles. The molecular formula is C17H20N2O3S. The fourth-order valence-electron chi connectivity index (χ4n) is 2.56. The fraction of sp³-hybridized carbons (Fsp3) is 0.412. The molecule has 122 valence electrons. The number of nitrogens with zero attached hydrogens (tertiary/aromatic N) is 2. The average molecular weight is 332 g/mol. The molecule has 0 bridgehead atoms. The minimum atomic E-state index is -0.421. The van der Waals surface area contributed by atoms with Gasteiger partial charge in [0, 0.05) is 18.5 Å². The van der Waals surface area contributed by atoms with Gasteiger partial charge in [-0.15, -0.1) is 11.3 Å². The summed E-state index contributed by atoms with van der Waals surface area (Å²) in [6.07, 6.45) is 1.17. The molecule has 1 aromatic heterocycles. The Morgan fingerprint density at radius 3 is 2.96 bits per heavy atom. The van der Waals surface area contributed by atoms with Crippen molar-refractivity contribution in [1.29, 1.82) is 0 Å². The van der Waals surface area contributed by atoms with Crippen molar-refractivity contribution < 1.29 is 14.6 Å². The molecule has 1 amide bonds. The summed E-state index contributed by atoms with van der Waals surface area (Å²) >= 11 is 1.42. The van der Waals surface area contributed by atoms with Crippen molar-refractivity contribution in [3.63, 3.8) is 0 Å². The maximum Gasteiger partial charge on any atom is 0.273 e. The van der Waals surface area contributed by atoms with Crippen LogP contribution in [0.5, 0.6) is 5.75 Å². The number of hydrogen-bond donors (Lipinski definition) is 1. The SMILES string of the molecule is Cc1ccc(OCc2nc(C(=O)N3CCC[C@@H](O)C3)cs2)cc1. The van der Waals surface area contributed by atoms with E-state index in [1.54, 1.807) is 10.3 Å². The molecule has 1 aliphatic heterocycles. The van der Waals surface area contributed by atoms with E-state index in [1.807, 2.05) is 31.2 Å². The zero-order valence-corrected chi connectivity index (χ0v) is 13.9. The van der Waals surface area contributed by atoms with E-state index in [0.717, 1.165) is 23.6 Å². The Hall–Kier alpha value is -1.92. The molecule has 3 rings (SSSR count). The van der Waals surface area contributed by atoms with Crippen LogP contribution in [0.2, 0.25) is 0 Å². The molecule has 1 N–H and O–H groups in total. The van der Waals surface area contributed by atoms with E-state index < -0.39 is 6.10 Å². The van der Waals surface area contributed by atoms with E-state index in [2.05, 4.69) is 4.98 Å². The number of rotatable bonds is 4. The third kappa shape index (κ3) is 4.09. The lowest BCUT2D eigenvalue weighted by Crippen LogP contribution is -2.42. The lowest BCUT2D eigenvalue weighted by atomic mass is 10.1. The molecular weight excluding hydrogens is 312 g/mol. The number of likely N-dealkylation sites (tertiary alicyclic amines) is 1. The van der Waals surface area contributed by atoms with Gasteiger partial charge in [-0.1, -0.05) is 17.7 Å². The molecule has 0 unspecified atom stereocenters. The van der Waals surface area contributed by atoms with Gasteiger partial charge in [0.2, 0.25) is 0 Å². The molecule has 1 aliphatic rings. The number of aliphatic hydroxyl groups excluding tert-OH is 1. The average Bonchev–Trinajstić information content (AvgIpc) is 3.02. The Kier molecular flexibility index (Phi) is 4.93. The van der Waals surface area contributed by atoms with Gasteiger partial charge < -0.3 is 14.7 Å². The van der Waals surface area contributed by atoms with Crippen molar-refractivity contribution in [3.8, 4) is 5.75 Å². The van der Waals surface area contributed by atoms with Crippen LogP contribution >= 0.6 is 11.3 Å². The predicted molar refractivity (Wildman–Crippen MR) is 88.8 cm³/mol. The lowest BCUT2D eigenvalue weighted by molar-refractivity contribution is 0.0469. The second-order valence-corrected chi connectivity index (χ2v) is 6.72. The summed E-state index contributed by atoms with van der Waals surface area (Å²) in [5.74, 6) is 0.680. The first kappa shape index (κ1) is 16.0. The molecule has 2 heterocycles. The Balaban J connectivity index is 1.59. The number of benzene rings is 1. The molecule has 6 heteroatoms. The Morgan fingerprint density at radius 1 is 1.43 bits per heavy atom. The summed E-state index contributed by atoms with van der Waals surface area (Å²) in [6, 6.07) is 7.83. The summed E-state index contributed by atoms with van der Waals surface area (Å²) in [5.41, 5.74) is 1.62. The summed E-state index contributed by atoms with van der Waals surface area (Å²) in [7, 11) is 0. The van der Waals surface area contributed by atoms with Gasteiger partial charge >= 0.3 is 0 Å². The van der Waals surface area contributed by atoms with Gasteiger partial charge in [0.1, 0.15) is 23.1 Å². The summed E-state index contributed by atoms with van der Waals surface area (Å²) in [6.45, 7) is 3.46. The van der Waals surface area contributed by atoms with Crippen molar-refractivity contribution in [1.82, 2.24) is 9.88 Å². The van der Waals surface area contributed by atoms with Gasteiger partial charge in [-0.25, -0.2) is 4.98 Å². The monoisotopic (exact) mass is 332 g/mol. The van der Waals surface area contributed by atoms with E-state index in [4.69, 9.17) is 4.74 Å². The number of aryl methyl sites for hydroxylation is 1. The standard InChI is InChI=1S/C17H20N2O3S/c1-12-4-6-14(7-5-12)22-10-16-18-15(11-23-16)17(21)19-8-2-3-13(20)9-19/h4-7,11,13,20H,2-3,8-10H2,1H3/t13-/m1/s1. The normalized spacial score (nSPS) is 18.0. The highest BCUT2D eigenvalue weighted by atomic mass is 32.1. The molecule has 23 heavy (non-hydrogen) atoms. The number of thiazole rings is 1. The van der Waals surface area contributed by atoms with Crippen LogP contribution in [0.25, 0.3) is 0 Å². The quantitative estimate of drug-likeness (QED) is 0.935. The van der Waals surface area contributed by atoms with E-state index >= 15 is 0 Å². The highest BCUT2D eigenvalue weighted by molar-refractivity contribution is 7.09. The number of piperidine rings is 1. The second kappa shape index (κ2) is 7.10. The Labute approximate surface area is 139 Å². The van der Waals surface area contributed by atoms with Gasteiger partial charge in [0.25, 0.3) is 5.91 Å². The number of ether oxygens (including phenoxy) is 1. The summed E-state index contributed by atoms with van der Waals surface area (Å²) in [5, 5.41) is 12.2. The maximum absolute atomic E-state index is 12.4. The number of aromatic nitrogens is 1. The van der Waals surface area contributed by atoms with Crippen LogP contribution < -0.4 is 4.74 Å². The number of hydrogen-bond acceptors (Lipinski definition) is 5. The first-order valence-corrected chi connectivity index (χ1v) is 8.61. The fourth-order valence-corrected chi connectivity index (χ4v) is 3.24. The molecule has 0 saturated carbocycles. The molecule has 1 atom stereocenters. The first-order valence-electron chi connectivity index (χ1n) is 7.73. The lowest BCUT2D eigenvalue weighted by Gasteiger charge is -2.29. The molecule has 1 saturated heterocycles. The van der Waals surface area contributed by atoms with Crippen LogP contribution in [0, 0.1) is 6.92 Å². The van der Waals surface area contributed by atoms with Gasteiger partial charge in [-0.05, 0) is 31.9 Å². The minimum Gasteiger partial charge on any atom is -0.486 e. The van der Waals surface area contributed by atoms with Crippen LogP contribution in [0.15, 0.2) is 29.6 Å². The zero-order valence-electron chi connectivity index (χ0n) is 13.1. The molecule has 5 nitrogen and oxygen atoms in total. The van der Waals surface area contributed by atoms with E-state index in [1.165, 1.54) is 16.9 Å². The minimum absolute atomic E-state index is 0.110. The predicted octanol–water partition coefficient (Wildman–Crippen LogP) is 2.63. The first-order chi connectivity index (χ1) is 11.1. The second-order valence-electron chi connectivity index (χ2n) is 5.78. The van der Waals surface area contributed by atoms with Crippen LogP contribution in [0.1, 0.15) is 33.9 Å². The van der Waals surface area contributed by atoms with Crippen LogP contribution in [-0.2, 0) is 6.61 Å². The van der Waals surface area contributed by atoms with Crippen molar-refractivity contribution in [3.05, 3.63) is 45.9 Å². The number of amides is 1. The third-order valence-corrected chi connectivity index (χ3v) is 4.66. The van der Waals surface area contributed by atoms with Crippen LogP contribution in [0.3, 0.4) is 0 Å². The van der Waals surface area contributed by atoms with E-state index in [0.29, 0.717) is 25.4 Å². The summed E-state index contributed by atoms with van der Waals surface area (Å²) < 4.78 is 5.69. The Morgan fingerprint density at radius 2 is 2.22 bits per heavy atom. The van der Waals surface area contributed by atoms with Crippen molar-refractivity contribution in [2.24, 2.45) is 0 Å². The summed E-state index contributed by atoms with van der Waals surface area (Å²) in [4.78, 5) is 18.4. The number of aliphatic hydroxyl groups is 1. The molecule has 2 aromatic rings. The van der Waals surface area contributed by atoms with Gasteiger partial charge in [-0.3, -0.25) is 4.79 Å². The number of carbonyl (C=O) groups excluding carboxylic acids is 1. The molecule has 0 spiro atoms. The van der Waals surface area contributed by atoms with Gasteiger partial charge in [-0.2, -0.15) is 0 Å². The van der Waals surface area contributed by atoms with Crippen molar-refractivity contribution in [2.75, 3.05) is 13.1 Å². The van der Waals surface area contributed by atoms with Crippen LogP contribution in [-0.4, -0.2) is 40.1 Å². The number of β-amino-alcohol motifs (C(OH)–C–C–N with tert-alkyl or cyclic N) is 1. The smallest absolute Gasteiger partial charge is 0.273 e. The Bertz CT molecular complexity index is 669. The maximum atomic E-state index is 12.4. The van der Waals surface area contributed by atoms with Crippen molar-refractivity contribution in [2.45, 2.75) is 32.5 Å². The highest BCUT2D eigenvalue weighted by Gasteiger charge is 2.24. The number of carbonyl (C=O) groups is 1. The van der Waals surface area contributed by atoms with Crippen LogP contribution in [0.4, 0.5) is 0 Å². The van der Waals surface area contributed by atoms with E-state index in [-0.39, 0.29) is 5.91 Å². The van der Waals surface area contributed by atoms with Gasteiger partial charge in [0.15, 0.2) is 0 Å². The largest absolute Gasteiger partial charge is 0.486 e. The molecule has 1 fully saturated rings.